The summed E-state index contributed by atoms with van der Waals surface area (Å²) in [7, 11) is 0. The number of allylic oxidation sites excluding steroid dienone is 1. The van der Waals surface area contributed by atoms with Crippen LogP contribution in [0.3, 0.4) is 0 Å². The molecule has 0 bridgehead atoms. The minimum absolute atomic E-state index is 0.00199. The zero-order valence-corrected chi connectivity index (χ0v) is 17.9. The molecule has 1 aliphatic carbocycles. The van der Waals surface area contributed by atoms with Gasteiger partial charge in [-0.25, -0.2) is 4.39 Å². The Labute approximate surface area is 188 Å². The van der Waals surface area contributed by atoms with Gasteiger partial charge in [-0.15, -0.1) is 0 Å². The average Bonchev–Trinajstić information content (AvgIpc) is 3.04. The zero-order valence-electron chi connectivity index (χ0n) is 17.1. The number of carbonyl (C=O) groups is 2. The van der Waals surface area contributed by atoms with E-state index in [0.29, 0.717) is 46.1 Å². The molecule has 2 aromatic carbocycles. The number of nitrogens with two attached hydrogens (primary N) is 1. The van der Waals surface area contributed by atoms with Gasteiger partial charge in [0.2, 0.25) is 5.91 Å². The van der Waals surface area contributed by atoms with E-state index in [9.17, 15) is 19.2 Å². The summed E-state index contributed by atoms with van der Waals surface area (Å²) in [6.45, 7) is 1.76. The molecule has 3 N–H and O–H groups in total. The molecule has 0 radical (unpaired) electrons. The van der Waals surface area contributed by atoms with Gasteiger partial charge in [0.1, 0.15) is 23.1 Å². The second kappa shape index (κ2) is 6.94. The van der Waals surface area contributed by atoms with E-state index in [2.05, 4.69) is 11.4 Å². The van der Waals surface area contributed by atoms with E-state index < -0.39 is 17.1 Å². The molecule has 6 nitrogen and oxygen atoms in total. The molecule has 0 aromatic heterocycles. The highest BCUT2D eigenvalue weighted by Gasteiger charge is 2.60. The number of hydrogen-bond acceptors (Lipinski definition) is 5. The number of fused-ring (bicyclic) bond motifs is 3. The molecule has 2 aromatic rings. The van der Waals surface area contributed by atoms with Crippen molar-refractivity contribution in [2.24, 2.45) is 5.73 Å². The fraction of sp³-hybridized carbons (Fsp3) is 0.208. The lowest BCUT2D eigenvalue weighted by Gasteiger charge is -2.43. The van der Waals surface area contributed by atoms with Crippen LogP contribution in [0, 0.1) is 24.1 Å². The molecule has 8 heteroatoms. The van der Waals surface area contributed by atoms with Gasteiger partial charge in [-0.3, -0.25) is 14.5 Å². The highest BCUT2D eigenvalue weighted by Crippen LogP contribution is 2.56. The van der Waals surface area contributed by atoms with Gasteiger partial charge < -0.3 is 11.1 Å². The quantitative estimate of drug-likeness (QED) is 0.681. The maximum Gasteiger partial charge on any atom is 0.245 e. The van der Waals surface area contributed by atoms with E-state index in [1.807, 2.05) is 0 Å². The molecule has 1 spiro atoms. The van der Waals surface area contributed by atoms with Gasteiger partial charge in [-0.1, -0.05) is 23.7 Å². The number of amides is 1. The number of nitrogens with one attached hydrogen (secondary N) is 1. The maximum atomic E-state index is 14.1. The van der Waals surface area contributed by atoms with Crippen LogP contribution in [0.15, 0.2) is 59.1 Å². The van der Waals surface area contributed by atoms with Gasteiger partial charge in [-0.2, -0.15) is 5.26 Å². The molecule has 160 valence electrons. The van der Waals surface area contributed by atoms with Crippen LogP contribution < -0.4 is 16.0 Å². The number of benzene rings is 2. The van der Waals surface area contributed by atoms with E-state index in [4.69, 9.17) is 17.3 Å². The van der Waals surface area contributed by atoms with Crippen molar-refractivity contribution in [2.75, 3.05) is 10.2 Å². The fourth-order valence-corrected chi connectivity index (χ4v) is 5.25. The first kappa shape index (κ1) is 20.3. The molecule has 2 heterocycles. The molecule has 3 aliphatic rings. The Balaban J connectivity index is 1.90. The summed E-state index contributed by atoms with van der Waals surface area (Å²) in [4.78, 5) is 28.5. The van der Waals surface area contributed by atoms with Crippen molar-refractivity contribution in [3.63, 3.8) is 0 Å². The Morgan fingerprint density at radius 3 is 2.75 bits per heavy atom. The number of rotatable bonds is 1. The summed E-state index contributed by atoms with van der Waals surface area (Å²) in [6, 6.07) is 11.2. The van der Waals surface area contributed by atoms with Crippen molar-refractivity contribution in [1.82, 2.24) is 0 Å². The van der Waals surface area contributed by atoms with Crippen molar-refractivity contribution in [2.45, 2.75) is 31.6 Å². The van der Waals surface area contributed by atoms with Crippen LogP contribution in [-0.4, -0.2) is 11.7 Å². The van der Waals surface area contributed by atoms with Crippen molar-refractivity contribution in [3.05, 3.63) is 81.0 Å². The number of Topliss-reactive ketones (excluding diaryl/α,β-unsaturated/α-hetero) is 1. The second-order valence-corrected chi connectivity index (χ2v) is 8.49. The number of hydrogen-bond donors (Lipinski definition) is 2. The van der Waals surface area contributed by atoms with E-state index in [0.717, 1.165) is 0 Å². The average molecular weight is 449 g/mol. The molecule has 1 amide bonds. The summed E-state index contributed by atoms with van der Waals surface area (Å²) in [5, 5.41) is 13.5. The number of nitriles is 1. The maximum absolute atomic E-state index is 14.1. The summed E-state index contributed by atoms with van der Waals surface area (Å²) in [6.07, 6.45) is 1.25. The van der Waals surface area contributed by atoms with Crippen LogP contribution in [-0.2, 0) is 15.0 Å². The summed E-state index contributed by atoms with van der Waals surface area (Å²) >= 11 is 6.27. The number of halogens is 2. The second-order valence-electron chi connectivity index (χ2n) is 8.08. The van der Waals surface area contributed by atoms with Crippen LogP contribution in [0.4, 0.5) is 15.8 Å². The molecule has 2 aliphatic heterocycles. The fourth-order valence-electron chi connectivity index (χ4n) is 5.09. The molecule has 0 saturated carbocycles. The third-order valence-corrected chi connectivity index (χ3v) is 6.87. The Morgan fingerprint density at radius 2 is 2.03 bits per heavy atom. The molecule has 32 heavy (non-hydrogen) atoms. The van der Waals surface area contributed by atoms with Gasteiger partial charge in [0.15, 0.2) is 5.78 Å². The van der Waals surface area contributed by atoms with Gasteiger partial charge >= 0.3 is 0 Å². The summed E-state index contributed by atoms with van der Waals surface area (Å²) in [5.74, 6) is -1.22. The third-order valence-electron chi connectivity index (χ3n) is 6.46. The summed E-state index contributed by atoms with van der Waals surface area (Å²) < 4.78 is 14.1. The minimum Gasteiger partial charge on any atom is -0.384 e. The number of ketones is 1. The van der Waals surface area contributed by atoms with Crippen LogP contribution in [0.2, 0.25) is 5.02 Å². The molecule has 1 atom stereocenters. The largest absolute Gasteiger partial charge is 0.384 e. The van der Waals surface area contributed by atoms with Crippen LogP contribution in [0.25, 0.3) is 0 Å². The Hall–Kier alpha value is -3.63. The third kappa shape index (κ3) is 2.44. The smallest absolute Gasteiger partial charge is 0.245 e. The number of nitrogens with zero attached hydrogens (tertiary/aromatic N) is 2. The first-order valence-corrected chi connectivity index (χ1v) is 10.5. The Morgan fingerprint density at radius 1 is 1.25 bits per heavy atom. The minimum atomic E-state index is -1.67. The number of anilines is 2. The Bertz CT molecular complexity index is 1340. The molecule has 0 fully saturated rings. The zero-order chi connectivity index (χ0) is 22.8. The van der Waals surface area contributed by atoms with E-state index in [-0.39, 0.29) is 29.2 Å². The molecular formula is C24H18ClFN4O2. The Kier molecular flexibility index (Phi) is 4.40. The van der Waals surface area contributed by atoms with Gasteiger partial charge in [0.25, 0.3) is 0 Å². The lowest BCUT2D eigenvalue weighted by Crippen LogP contribution is -2.50. The highest BCUT2D eigenvalue weighted by molar-refractivity contribution is 6.32. The van der Waals surface area contributed by atoms with Crippen molar-refractivity contribution in [3.8, 4) is 6.07 Å². The SMILES string of the molecule is Cc1c(Cl)ccc2c1NC(=O)[C@@]21C(C#N)=C(N)N(c2cccc(F)c2)C2=C1C(=O)CCC2. The number of carbonyl (C=O) groups excluding carboxylic acids is 2. The van der Waals surface area contributed by atoms with Crippen LogP contribution in [0.5, 0.6) is 0 Å². The summed E-state index contributed by atoms with van der Waals surface area (Å²) in [5.41, 5.74) is 7.51. The molecular weight excluding hydrogens is 431 g/mol. The molecule has 0 unspecified atom stereocenters. The lowest BCUT2D eigenvalue weighted by molar-refractivity contribution is -0.122. The van der Waals surface area contributed by atoms with Gasteiger partial charge in [-0.05, 0) is 49.6 Å². The van der Waals surface area contributed by atoms with E-state index >= 15 is 0 Å². The van der Waals surface area contributed by atoms with E-state index in [1.54, 1.807) is 25.1 Å². The molecule has 5 rings (SSSR count). The normalized spacial score (nSPS) is 22.1. The highest BCUT2D eigenvalue weighted by atomic mass is 35.5. The monoisotopic (exact) mass is 448 g/mol. The molecule has 0 saturated heterocycles. The topological polar surface area (TPSA) is 99.2 Å². The first-order chi connectivity index (χ1) is 15.3. The van der Waals surface area contributed by atoms with Gasteiger partial charge in [0.05, 0.1) is 16.9 Å². The predicted octanol–water partition coefficient (Wildman–Crippen LogP) is 4.20. The first-order valence-electron chi connectivity index (χ1n) is 10.2. The van der Waals surface area contributed by atoms with Crippen molar-refractivity contribution in [1.29, 1.82) is 5.26 Å². The standard InChI is InChI=1S/C24H18ClFN4O2/c1-12-17(25)9-8-15-21(12)29-23(32)24(15)16(11-27)22(28)30(14-5-2-4-13(26)10-14)18-6-3-7-19(31)20(18)24/h2,4-5,8-10H,3,6-7,28H2,1H3,(H,29,32)/t24-/m1/s1. The lowest BCUT2D eigenvalue weighted by atomic mass is 9.63. The predicted molar refractivity (Wildman–Crippen MR) is 118 cm³/mol. The van der Waals surface area contributed by atoms with Gasteiger partial charge in [0, 0.05) is 28.3 Å². The van der Waals surface area contributed by atoms with E-state index in [1.165, 1.54) is 23.1 Å². The van der Waals surface area contributed by atoms with Crippen LogP contribution in [0.1, 0.15) is 30.4 Å². The van der Waals surface area contributed by atoms with Crippen LogP contribution >= 0.6 is 11.6 Å². The van der Waals surface area contributed by atoms with Crippen molar-refractivity contribution < 1.29 is 14.0 Å². The van der Waals surface area contributed by atoms with Crippen molar-refractivity contribution >= 4 is 34.7 Å².